The molecule has 2 rings (SSSR count). The number of hydrogen-bond acceptors (Lipinski definition) is 4. The third-order valence-corrected chi connectivity index (χ3v) is 3.44. The molecule has 1 aliphatic heterocycles. The summed E-state index contributed by atoms with van der Waals surface area (Å²) in [7, 11) is 0. The zero-order chi connectivity index (χ0) is 13.0. The van der Waals surface area contributed by atoms with Crippen molar-refractivity contribution in [2.75, 3.05) is 19.8 Å². The third kappa shape index (κ3) is 3.37. The molecule has 0 spiro atoms. The number of aromatic hydroxyl groups is 2. The van der Waals surface area contributed by atoms with E-state index < -0.39 is 0 Å². The van der Waals surface area contributed by atoms with E-state index in [1.165, 1.54) is 18.6 Å². The van der Waals surface area contributed by atoms with Gasteiger partial charge in [0.25, 0.3) is 0 Å². The van der Waals surface area contributed by atoms with Crippen molar-refractivity contribution < 1.29 is 14.9 Å². The van der Waals surface area contributed by atoms with E-state index in [1.807, 2.05) is 6.92 Å². The molecule has 1 aromatic carbocycles. The maximum absolute atomic E-state index is 9.77. The fraction of sp³-hybridized carbons (Fsp3) is 0.571. The number of ether oxygens (including phenoxy) is 1. The van der Waals surface area contributed by atoms with E-state index in [4.69, 9.17) is 4.74 Å². The predicted octanol–water partition coefficient (Wildman–Crippen LogP) is 2.18. The Morgan fingerprint density at radius 2 is 2.28 bits per heavy atom. The minimum Gasteiger partial charge on any atom is -0.508 e. The number of phenolic OH excluding ortho intramolecular Hbond substituents is 2. The average molecular weight is 251 g/mol. The molecule has 0 amide bonds. The normalized spacial score (nSPS) is 21.7. The van der Waals surface area contributed by atoms with Crippen LogP contribution in [0.5, 0.6) is 11.5 Å². The number of nitrogens with one attached hydrogen (secondary N) is 1. The van der Waals surface area contributed by atoms with Crippen LogP contribution in [0.25, 0.3) is 0 Å². The van der Waals surface area contributed by atoms with E-state index >= 15 is 0 Å². The van der Waals surface area contributed by atoms with Crippen LogP contribution in [0, 0.1) is 5.92 Å². The molecule has 4 heteroatoms. The molecule has 0 aliphatic carbocycles. The fourth-order valence-electron chi connectivity index (χ4n) is 2.31. The Morgan fingerprint density at radius 3 is 3.00 bits per heavy atom. The van der Waals surface area contributed by atoms with Gasteiger partial charge in [-0.1, -0.05) is 0 Å². The predicted molar refractivity (Wildman–Crippen MR) is 69.7 cm³/mol. The van der Waals surface area contributed by atoms with Crippen LogP contribution in [0.1, 0.15) is 31.4 Å². The Kier molecular flexibility index (Phi) is 4.44. The zero-order valence-electron chi connectivity index (χ0n) is 10.7. The first-order valence-corrected chi connectivity index (χ1v) is 6.50. The van der Waals surface area contributed by atoms with Gasteiger partial charge in [0.2, 0.25) is 0 Å². The second kappa shape index (κ2) is 6.07. The molecule has 100 valence electrons. The maximum Gasteiger partial charge on any atom is 0.120 e. The summed E-state index contributed by atoms with van der Waals surface area (Å²) >= 11 is 0. The van der Waals surface area contributed by atoms with Crippen LogP contribution >= 0.6 is 0 Å². The van der Waals surface area contributed by atoms with Gasteiger partial charge in [-0.2, -0.15) is 0 Å². The molecule has 1 heterocycles. The molecular weight excluding hydrogens is 230 g/mol. The van der Waals surface area contributed by atoms with Gasteiger partial charge in [0, 0.05) is 24.8 Å². The van der Waals surface area contributed by atoms with Crippen molar-refractivity contribution in [2.45, 2.75) is 25.8 Å². The van der Waals surface area contributed by atoms with Gasteiger partial charge in [-0.05, 0) is 43.9 Å². The fourth-order valence-corrected chi connectivity index (χ4v) is 2.31. The van der Waals surface area contributed by atoms with E-state index in [0.717, 1.165) is 31.7 Å². The number of rotatable bonds is 4. The van der Waals surface area contributed by atoms with Crippen LogP contribution in [0.15, 0.2) is 18.2 Å². The summed E-state index contributed by atoms with van der Waals surface area (Å²) in [5.41, 5.74) is 0.728. The van der Waals surface area contributed by atoms with Crippen molar-refractivity contribution in [1.29, 1.82) is 0 Å². The molecule has 2 atom stereocenters. The SMILES string of the molecule is CC(NCC1CCCOC1)c1cc(O)ccc1O. The van der Waals surface area contributed by atoms with Crippen molar-refractivity contribution in [3.8, 4) is 11.5 Å². The molecule has 1 aromatic rings. The minimum absolute atomic E-state index is 0.0130. The Balaban J connectivity index is 1.90. The summed E-state index contributed by atoms with van der Waals surface area (Å²) in [6, 6.07) is 4.62. The number of benzene rings is 1. The smallest absolute Gasteiger partial charge is 0.120 e. The highest BCUT2D eigenvalue weighted by molar-refractivity contribution is 5.40. The summed E-state index contributed by atoms with van der Waals surface area (Å²) in [6.07, 6.45) is 2.31. The summed E-state index contributed by atoms with van der Waals surface area (Å²) in [6.45, 7) is 4.54. The van der Waals surface area contributed by atoms with E-state index in [1.54, 1.807) is 6.07 Å². The lowest BCUT2D eigenvalue weighted by Crippen LogP contribution is -2.30. The van der Waals surface area contributed by atoms with Crippen LogP contribution in [-0.4, -0.2) is 30.0 Å². The summed E-state index contributed by atoms with van der Waals surface area (Å²) in [5, 5.41) is 22.6. The highest BCUT2D eigenvalue weighted by Crippen LogP contribution is 2.28. The molecule has 0 bridgehead atoms. The van der Waals surface area contributed by atoms with Crippen LogP contribution in [-0.2, 0) is 4.74 Å². The Labute approximate surface area is 108 Å². The van der Waals surface area contributed by atoms with E-state index in [9.17, 15) is 10.2 Å². The largest absolute Gasteiger partial charge is 0.508 e. The van der Waals surface area contributed by atoms with Gasteiger partial charge in [-0.15, -0.1) is 0 Å². The molecule has 1 saturated heterocycles. The quantitative estimate of drug-likeness (QED) is 0.718. The highest BCUT2D eigenvalue weighted by Gasteiger charge is 2.16. The van der Waals surface area contributed by atoms with Crippen molar-refractivity contribution in [1.82, 2.24) is 5.32 Å². The molecule has 3 N–H and O–H groups in total. The molecule has 2 unspecified atom stereocenters. The summed E-state index contributed by atoms with van der Waals surface area (Å²) in [5.74, 6) is 0.936. The van der Waals surface area contributed by atoms with Crippen molar-refractivity contribution >= 4 is 0 Å². The van der Waals surface area contributed by atoms with Crippen molar-refractivity contribution in [2.24, 2.45) is 5.92 Å². The Hall–Kier alpha value is -1.26. The second-order valence-corrected chi connectivity index (χ2v) is 4.96. The van der Waals surface area contributed by atoms with Gasteiger partial charge in [0.15, 0.2) is 0 Å². The first-order valence-electron chi connectivity index (χ1n) is 6.50. The van der Waals surface area contributed by atoms with Crippen LogP contribution in [0.3, 0.4) is 0 Å². The number of hydrogen-bond donors (Lipinski definition) is 3. The van der Waals surface area contributed by atoms with Gasteiger partial charge < -0.3 is 20.3 Å². The third-order valence-electron chi connectivity index (χ3n) is 3.44. The average Bonchev–Trinajstić information content (AvgIpc) is 2.40. The summed E-state index contributed by atoms with van der Waals surface area (Å²) in [4.78, 5) is 0. The van der Waals surface area contributed by atoms with E-state index in [2.05, 4.69) is 5.32 Å². The topological polar surface area (TPSA) is 61.7 Å². The van der Waals surface area contributed by atoms with Crippen molar-refractivity contribution in [3.63, 3.8) is 0 Å². The first-order chi connectivity index (χ1) is 8.66. The van der Waals surface area contributed by atoms with Crippen LogP contribution < -0.4 is 5.32 Å². The lowest BCUT2D eigenvalue weighted by atomic mass is 10.0. The van der Waals surface area contributed by atoms with Gasteiger partial charge in [0.1, 0.15) is 11.5 Å². The van der Waals surface area contributed by atoms with Gasteiger partial charge in [0.05, 0.1) is 6.61 Å². The number of phenols is 2. The minimum atomic E-state index is 0.0130. The molecule has 0 saturated carbocycles. The molecule has 1 fully saturated rings. The van der Waals surface area contributed by atoms with Crippen LogP contribution in [0.4, 0.5) is 0 Å². The first kappa shape index (κ1) is 13.2. The molecule has 18 heavy (non-hydrogen) atoms. The highest BCUT2D eigenvalue weighted by atomic mass is 16.5. The lowest BCUT2D eigenvalue weighted by molar-refractivity contribution is 0.0540. The molecule has 4 nitrogen and oxygen atoms in total. The molecule has 0 radical (unpaired) electrons. The molecule has 1 aliphatic rings. The zero-order valence-corrected chi connectivity index (χ0v) is 10.7. The van der Waals surface area contributed by atoms with E-state index in [-0.39, 0.29) is 17.5 Å². The van der Waals surface area contributed by atoms with Gasteiger partial charge in [-0.3, -0.25) is 0 Å². The van der Waals surface area contributed by atoms with E-state index in [0.29, 0.717) is 5.92 Å². The Bertz CT molecular complexity index is 389. The van der Waals surface area contributed by atoms with Gasteiger partial charge in [-0.25, -0.2) is 0 Å². The van der Waals surface area contributed by atoms with Crippen molar-refractivity contribution in [3.05, 3.63) is 23.8 Å². The lowest BCUT2D eigenvalue weighted by Gasteiger charge is -2.24. The maximum atomic E-state index is 9.77. The summed E-state index contributed by atoms with van der Waals surface area (Å²) < 4.78 is 5.43. The standard InChI is InChI=1S/C14H21NO3/c1-10(13-7-12(16)4-5-14(13)17)15-8-11-3-2-6-18-9-11/h4-5,7,10-11,15-17H,2-3,6,8-9H2,1H3. The second-order valence-electron chi connectivity index (χ2n) is 4.96. The monoisotopic (exact) mass is 251 g/mol. The van der Waals surface area contributed by atoms with Gasteiger partial charge >= 0.3 is 0 Å². The van der Waals surface area contributed by atoms with Crippen LogP contribution in [0.2, 0.25) is 0 Å². The molecule has 0 aromatic heterocycles. The Morgan fingerprint density at radius 1 is 1.44 bits per heavy atom. The molecular formula is C14H21NO3.